The predicted octanol–water partition coefficient (Wildman–Crippen LogP) is 3.03. The highest BCUT2D eigenvalue weighted by Gasteiger charge is 2.04. The molecular formula is C18H16N4O. The lowest BCUT2D eigenvalue weighted by Crippen LogP contribution is -2.19. The molecule has 0 saturated carbocycles. The maximum atomic E-state index is 11.9. The Morgan fingerprint density at radius 2 is 1.65 bits per heavy atom. The van der Waals surface area contributed by atoms with Crippen LogP contribution in [0, 0.1) is 0 Å². The van der Waals surface area contributed by atoms with Crippen LogP contribution in [-0.2, 0) is 0 Å². The molecule has 0 spiro atoms. The quantitative estimate of drug-likeness (QED) is 0.595. The number of hydrogen-bond donors (Lipinski definition) is 1. The number of hydrogen-bond acceptors (Lipinski definition) is 3. The monoisotopic (exact) mass is 304 g/mol. The summed E-state index contributed by atoms with van der Waals surface area (Å²) in [7, 11) is 0. The van der Waals surface area contributed by atoms with Crippen molar-refractivity contribution in [1.29, 1.82) is 0 Å². The number of amides is 1. The van der Waals surface area contributed by atoms with E-state index in [2.05, 4.69) is 15.5 Å². The van der Waals surface area contributed by atoms with Crippen molar-refractivity contribution < 1.29 is 4.79 Å². The fourth-order valence-corrected chi connectivity index (χ4v) is 2.15. The minimum absolute atomic E-state index is 0.254. The van der Waals surface area contributed by atoms with Gasteiger partial charge in [-0.2, -0.15) is 5.10 Å². The van der Waals surface area contributed by atoms with E-state index >= 15 is 0 Å². The van der Waals surface area contributed by atoms with Gasteiger partial charge in [0.15, 0.2) is 0 Å². The Balaban J connectivity index is 1.70. The molecule has 0 bridgehead atoms. The topological polar surface area (TPSA) is 59.3 Å². The van der Waals surface area contributed by atoms with E-state index in [0.717, 1.165) is 17.0 Å². The van der Waals surface area contributed by atoms with E-state index in [9.17, 15) is 4.79 Å². The molecule has 0 saturated heterocycles. The molecule has 114 valence electrons. The number of nitrogens with one attached hydrogen (secondary N) is 1. The average molecular weight is 304 g/mol. The van der Waals surface area contributed by atoms with Crippen LogP contribution in [0.1, 0.15) is 22.8 Å². The first-order valence-electron chi connectivity index (χ1n) is 7.22. The van der Waals surface area contributed by atoms with Crippen LogP contribution >= 0.6 is 0 Å². The van der Waals surface area contributed by atoms with Crippen LogP contribution in [0.5, 0.6) is 0 Å². The van der Waals surface area contributed by atoms with Crippen LogP contribution in [0.25, 0.3) is 5.69 Å². The smallest absolute Gasteiger partial charge is 0.271 e. The van der Waals surface area contributed by atoms with E-state index in [1.165, 1.54) is 0 Å². The highest BCUT2D eigenvalue weighted by atomic mass is 16.2. The zero-order valence-electron chi connectivity index (χ0n) is 12.7. The molecule has 0 radical (unpaired) electrons. The van der Waals surface area contributed by atoms with Gasteiger partial charge in [0.25, 0.3) is 5.91 Å². The Hall–Kier alpha value is -3.21. The highest BCUT2D eigenvalue weighted by molar-refractivity contribution is 6.00. The first-order chi connectivity index (χ1) is 11.2. The maximum absolute atomic E-state index is 11.9. The van der Waals surface area contributed by atoms with Crippen molar-refractivity contribution in [3.8, 4) is 5.69 Å². The zero-order valence-corrected chi connectivity index (χ0v) is 12.7. The summed E-state index contributed by atoms with van der Waals surface area (Å²) in [5.41, 5.74) is 5.86. The molecule has 5 heteroatoms. The van der Waals surface area contributed by atoms with Gasteiger partial charge in [-0.1, -0.05) is 12.1 Å². The first kappa shape index (κ1) is 14.7. The second-order valence-corrected chi connectivity index (χ2v) is 5.01. The average Bonchev–Trinajstić information content (AvgIpc) is 3.15. The molecule has 0 fully saturated rings. The SMILES string of the molecule is C/C(=N\NC(=O)c1ccncc1)c1ccc(-n2cccc2)cc1. The van der Waals surface area contributed by atoms with Crippen molar-refractivity contribution in [3.05, 3.63) is 84.4 Å². The van der Waals surface area contributed by atoms with Crippen molar-refractivity contribution >= 4 is 11.6 Å². The lowest BCUT2D eigenvalue weighted by Gasteiger charge is -2.06. The van der Waals surface area contributed by atoms with Gasteiger partial charge < -0.3 is 4.57 Å². The summed E-state index contributed by atoms with van der Waals surface area (Å²) in [6.07, 6.45) is 7.13. The van der Waals surface area contributed by atoms with Crippen molar-refractivity contribution in [2.75, 3.05) is 0 Å². The first-order valence-corrected chi connectivity index (χ1v) is 7.22. The van der Waals surface area contributed by atoms with Gasteiger partial charge in [0.1, 0.15) is 0 Å². The molecule has 23 heavy (non-hydrogen) atoms. The normalized spacial score (nSPS) is 11.3. The molecule has 2 aromatic heterocycles. The summed E-state index contributed by atoms with van der Waals surface area (Å²) in [5, 5.41) is 4.15. The predicted molar refractivity (Wildman–Crippen MR) is 89.7 cm³/mol. The lowest BCUT2D eigenvalue weighted by atomic mass is 10.1. The van der Waals surface area contributed by atoms with Crippen molar-refractivity contribution in [1.82, 2.24) is 15.0 Å². The highest BCUT2D eigenvalue weighted by Crippen LogP contribution is 2.10. The number of hydrazone groups is 1. The standard InChI is InChI=1S/C18H16N4O/c1-14(20-21-18(23)16-8-10-19-11-9-16)15-4-6-17(7-5-15)22-12-2-3-13-22/h2-13H,1H3,(H,21,23)/b20-14+. The van der Waals surface area contributed by atoms with Crippen LogP contribution in [0.4, 0.5) is 0 Å². The summed E-state index contributed by atoms with van der Waals surface area (Å²) in [4.78, 5) is 15.8. The molecule has 1 amide bonds. The van der Waals surface area contributed by atoms with E-state index in [4.69, 9.17) is 0 Å². The molecular weight excluding hydrogens is 288 g/mol. The zero-order chi connectivity index (χ0) is 16.1. The van der Waals surface area contributed by atoms with Gasteiger partial charge in [-0.25, -0.2) is 5.43 Å². The molecule has 0 aliphatic rings. The second kappa shape index (κ2) is 6.70. The minimum Gasteiger partial charge on any atom is -0.324 e. The van der Waals surface area contributed by atoms with Gasteiger partial charge in [0, 0.05) is 36.0 Å². The van der Waals surface area contributed by atoms with Crippen LogP contribution in [0.15, 0.2) is 78.4 Å². The molecule has 5 nitrogen and oxygen atoms in total. The molecule has 0 aliphatic heterocycles. The second-order valence-electron chi connectivity index (χ2n) is 5.01. The van der Waals surface area contributed by atoms with Crippen LogP contribution < -0.4 is 5.43 Å². The molecule has 1 N–H and O–H groups in total. The summed E-state index contributed by atoms with van der Waals surface area (Å²) in [6, 6.07) is 15.2. The van der Waals surface area contributed by atoms with Gasteiger partial charge >= 0.3 is 0 Å². The Kier molecular flexibility index (Phi) is 4.29. The summed E-state index contributed by atoms with van der Waals surface area (Å²) in [5.74, 6) is -0.254. The van der Waals surface area contributed by atoms with E-state index in [-0.39, 0.29) is 5.91 Å². The summed E-state index contributed by atoms with van der Waals surface area (Å²) in [6.45, 7) is 1.86. The molecule has 0 aliphatic carbocycles. The fourth-order valence-electron chi connectivity index (χ4n) is 2.15. The van der Waals surface area contributed by atoms with E-state index < -0.39 is 0 Å². The van der Waals surface area contributed by atoms with Crippen LogP contribution in [0.2, 0.25) is 0 Å². The number of rotatable bonds is 4. The molecule has 3 aromatic rings. The third-order valence-electron chi connectivity index (χ3n) is 3.46. The third-order valence-corrected chi connectivity index (χ3v) is 3.46. The third kappa shape index (κ3) is 3.52. The molecule has 3 rings (SSSR count). The van der Waals surface area contributed by atoms with E-state index in [1.807, 2.05) is 60.3 Å². The number of carbonyl (C=O) groups is 1. The van der Waals surface area contributed by atoms with Crippen molar-refractivity contribution in [2.24, 2.45) is 5.10 Å². The number of carbonyl (C=O) groups excluding carboxylic acids is 1. The number of benzene rings is 1. The van der Waals surface area contributed by atoms with Gasteiger partial charge in [0.05, 0.1) is 5.71 Å². The van der Waals surface area contributed by atoms with Crippen molar-refractivity contribution in [2.45, 2.75) is 6.92 Å². The molecule has 0 atom stereocenters. The Labute approximate surface area is 134 Å². The number of pyridine rings is 1. The molecule has 2 heterocycles. The van der Waals surface area contributed by atoms with Gasteiger partial charge in [0.2, 0.25) is 0 Å². The Morgan fingerprint density at radius 3 is 2.30 bits per heavy atom. The summed E-state index contributed by atoms with van der Waals surface area (Å²) < 4.78 is 2.03. The summed E-state index contributed by atoms with van der Waals surface area (Å²) >= 11 is 0. The van der Waals surface area contributed by atoms with Crippen LogP contribution in [-0.4, -0.2) is 21.2 Å². The van der Waals surface area contributed by atoms with Gasteiger partial charge in [-0.15, -0.1) is 0 Å². The number of nitrogens with zero attached hydrogens (tertiary/aromatic N) is 3. The van der Waals surface area contributed by atoms with E-state index in [0.29, 0.717) is 5.56 Å². The van der Waals surface area contributed by atoms with Gasteiger partial charge in [-0.05, 0) is 48.9 Å². The van der Waals surface area contributed by atoms with Gasteiger partial charge in [-0.3, -0.25) is 9.78 Å². The largest absolute Gasteiger partial charge is 0.324 e. The van der Waals surface area contributed by atoms with Crippen LogP contribution in [0.3, 0.4) is 0 Å². The van der Waals surface area contributed by atoms with Crippen molar-refractivity contribution in [3.63, 3.8) is 0 Å². The Bertz CT molecular complexity index is 806. The fraction of sp³-hybridized carbons (Fsp3) is 0.0556. The lowest BCUT2D eigenvalue weighted by molar-refractivity contribution is 0.0954. The number of aromatic nitrogens is 2. The molecule has 0 unspecified atom stereocenters. The van der Waals surface area contributed by atoms with E-state index in [1.54, 1.807) is 24.5 Å². The Morgan fingerprint density at radius 1 is 1.00 bits per heavy atom. The minimum atomic E-state index is -0.254. The maximum Gasteiger partial charge on any atom is 0.271 e. The molecule has 1 aromatic carbocycles.